The summed E-state index contributed by atoms with van der Waals surface area (Å²) >= 11 is 0. The van der Waals surface area contributed by atoms with E-state index in [1.807, 2.05) is 62.9 Å². The van der Waals surface area contributed by atoms with E-state index in [9.17, 15) is 9.59 Å². The molecule has 2 N–H and O–H groups in total. The second kappa shape index (κ2) is 10.0. The molecule has 26 heavy (non-hydrogen) atoms. The largest absolute Gasteiger partial charge is 0.377 e. The van der Waals surface area contributed by atoms with E-state index >= 15 is 0 Å². The van der Waals surface area contributed by atoms with Crippen LogP contribution in [0.4, 0.5) is 16.2 Å². The van der Waals surface area contributed by atoms with Crippen LogP contribution >= 0.6 is 0 Å². The Labute approximate surface area is 157 Å². The lowest BCUT2D eigenvalue weighted by Crippen LogP contribution is -2.40. The molecule has 0 bridgehead atoms. The second-order valence-electron chi connectivity index (χ2n) is 7.10. The first-order valence-electron chi connectivity index (χ1n) is 9.36. The molecule has 3 amide bonds. The Balaban J connectivity index is 3.19. The van der Waals surface area contributed by atoms with E-state index in [2.05, 4.69) is 24.5 Å². The minimum Gasteiger partial charge on any atom is -0.377 e. The van der Waals surface area contributed by atoms with Crippen LogP contribution < -0.4 is 15.5 Å². The van der Waals surface area contributed by atoms with Gasteiger partial charge in [0.1, 0.15) is 0 Å². The number of carbonyl (C=O) groups is 2. The van der Waals surface area contributed by atoms with Gasteiger partial charge in [-0.2, -0.15) is 0 Å². The van der Waals surface area contributed by atoms with Gasteiger partial charge < -0.3 is 20.4 Å². The van der Waals surface area contributed by atoms with Crippen molar-refractivity contribution in [2.45, 2.75) is 53.6 Å². The highest BCUT2D eigenvalue weighted by Crippen LogP contribution is 2.26. The van der Waals surface area contributed by atoms with Crippen LogP contribution in [0.2, 0.25) is 0 Å². The summed E-state index contributed by atoms with van der Waals surface area (Å²) in [6.07, 6.45) is 0.895. The van der Waals surface area contributed by atoms with Crippen LogP contribution in [0.3, 0.4) is 0 Å². The highest BCUT2D eigenvalue weighted by molar-refractivity contribution is 5.89. The fourth-order valence-corrected chi connectivity index (χ4v) is 2.75. The van der Waals surface area contributed by atoms with Gasteiger partial charge in [0.25, 0.3) is 0 Å². The Bertz CT molecular complexity index is 614. The molecule has 146 valence electrons. The summed E-state index contributed by atoms with van der Waals surface area (Å²) in [5.74, 6) is 0.0922. The lowest BCUT2D eigenvalue weighted by atomic mass is 10.1. The van der Waals surface area contributed by atoms with Gasteiger partial charge in [-0.3, -0.25) is 4.79 Å². The van der Waals surface area contributed by atoms with Gasteiger partial charge in [0, 0.05) is 50.5 Å². The first kappa shape index (κ1) is 21.8. The topological polar surface area (TPSA) is 64.7 Å². The summed E-state index contributed by atoms with van der Waals surface area (Å²) in [4.78, 5) is 28.5. The van der Waals surface area contributed by atoms with Crippen molar-refractivity contribution in [3.63, 3.8) is 0 Å². The molecule has 0 saturated carbocycles. The highest BCUT2D eigenvalue weighted by atomic mass is 16.2. The maximum Gasteiger partial charge on any atom is 0.319 e. The summed E-state index contributed by atoms with van der Waals surface area (Å²) in [5.41, 5.74) is 2.77. The van der Waals surface area contributed by atoms with E-state index in [4.69, 9.17) is 0 Å². The number of urea groups is 1. The molecule has 1 atom stereocenters. The Kier molecular flexibility index (Phi) is 8.42. The normalized spacial score (nSPS) is 11.8. The third-order valence-electron chi connectivity index (χ3n) is 4.40. The predicted octanol–water partition coefficient (Wildman–Crippen LogP) is 3.68. The van der Waals surface area contributed by atoms with Crippen LogP contribution in [0.15, 0.2) is 18.2 Å². The van der Waals surface area contributed by atoms with Crippen LogP contribution in [-0.2, 0) is 11.3 Å². The van der Waals surface area contributed by atoms with E-state index in [0.29, 0.717) is 13.1 Å². The number of nitrogens with zero attached hydrogens (tertiary/aromatic N) is 2. The molecule has 1 aromatic carbocycles. The molecule has 0 radical (unpaired) electrons. The summed E-state index contributed by atoms with van der Waals surface area (Å²) < 4.78 is 0. The number of anilines is 2. The predicted molar refractivity (Wildman–Crippen MR) is 109 cm³/mol. The molecule has 0 aliphatic carbocycles. The van der Waals surface area contributed by atoms with Crippen LogP contribution in [0.25, 0.3) is 0 Å². The van der Waals surface area contributed by atoms with Gasteiger partial charge in [0.05, 0.1) is 0 Å². The van der Waals surface area contributed by atoms with Crippen molar-refractivity contribution in [2.75, 3.05) is 30.9 Å². The molecule has 0 spiro atoms. The molecular formula is C20H34N4O2. The summed E-state index contributed by atoms with van der Waals surface area (Å²) in [7, 11) is 3.96. The zero-order valence-electron chi connectivity index (χ0n) is 17.2. The minimum atomic E-state index is -0.229. The summed E-state index contributed by atoms with van der Waals surface area (Å²) in [6, 6.07) is 5.73. The van der Waals surface area contributed by atoms with Gasteiger partial charge in [-0.15, -0.1) is 0 Å². The Morgan fingerprint density at radius 2 is 1.77 bits per heavy atom. The van der Waals surface area contributed by atoms with E-state index in [-0.39, 0.29) is 23.9 Å². The molecule has 0 aliphatic rings. The van der Waals surface area contributed by atoms with Crippen molar-refractivity contribution in [3.05, 3.63) is 23.8 Å². The van der Waals surface area contributed by atoms with Gasteiger partial charge in [-0.1, -0.05) is 20.8 Å². The molecule has 0 unspecified atom stereocenters. The molecule has 0 fully saturated rings. The number of hydrogen-bond acceptors (Lipinski definition) is 3. The minimum absolute atomic E-state index is 0.0524. The van der Waals surface area contributed by atoms with Gasteiger partial charge in [0.2, 0.25) is 5.91 Å². The molecule has 0 heterocycles. The highest BCUT2D eigenvalue weighted by Gasteiger charge is 2.23. The maximum atomic E-state index is 12.7. The maximum absolute atomic E-state index is 12.7. The van der Waals surface area contributed by atoms with Crippen LogP contribution in [0.5, 0.6) is 0 Å². The molecule has 0 aromatic heterocycles. The lowest BCUT2D eigenvalue weighted by Gasteiger charge is -2.32. The number of benzene rings is 1. The number of hydrogen-bond donors (Lipinski definition) is 2. The zero-order valence-corrected chi connectivity index (χ0v) is 17.2. The van der Waals surface area contributed by atoms with E-state index in [1.54, 1.807) is 0 Å². The average Bonchev–Trinajstić information content (AvgIpc) is 2.58. The van der Waals surface area contributed by atoms with Crippen LogP contribution in [0, 0.1) is 5.92 Å². The Morgan fingerprint density at radius 1 is 1.12 bits per heavy atom. The lowest BCUT2D eigenvalue weighted by molar-refractivity contribution is -0.137. The van der Waals surface area contributed by atoms with Gasteiger partial charge in [-0.05, 0) is 44.0 Å². The number of carbonyl (C=O) groups excluding carboxylic acids is 2. The third-order valence-corrected chi connectivity index (χ3v) is 4.40. The van der Waals surface area contributed by atoms with Crippen molar-refractivity contribution < 1.29 is 9.59 Å². The summed E-state index contributed by atoms with van der Waals surface area (Å²) in [6.45, 7) is 11.0. The summed E-state index contributed by atoms with van der Waals surface area (Å²) in [5, 5.41) is 5.57. The second-order valence-corrected chi connectivity index (χ2v) is 7.10. The van der Waals surface area contributed by atoms with Crippen molar-refractivity contribution in [1.29, 1.82) is 0 Å². The zero-order chi connectivity index (χ0) is 19.9. The van der Waals surface area contributed by atoms with Crippen molar-refractivity contribution in [1.82, 2.24) is 10.2 Å². The molecule has 1 rings (SSSR count). The van der Waals surface area contributed by atoms with Gasteiger partial charge in [0.15, 0.2) is 0 Å². The Hall–Kier alpha value is -2.24. The fraction of sp³-hybridized carbons (Fsp3) is 0.600. The fourth-order valence-electron chi connectivity index (χ4n) is 2.75. The molecule has 0 saturated heterocycles. The molecule has 1 aromatic rings. The smallest absolute Gasteiger partial charge is 0.319 e. The van der Waals surface area contributed by atoms with Crippen LogP contribution in [-0.4, -0.2) is 43.5 Å². The van der Waals surface area contributed by atoms with Crippen molar-refractivity contribution in [2.24, 2.45) is 5.92 Å². The average molecular weight is 363 g/mol. The Morgan fingerprint density at radius 3 is 2.27 bits per heavy atom. The molecular weight excluding hydrogens is 328 g/mol. The number of nitrogens with one attached hydrogen (secondary N) is 2. The number of amides is 3. The van der Waals surface area contributed by atoms with E-state index in [1.165, 1.54) is 0 Å². The van der Waals surface area contributed by atoms with Crippen molar-refractivity contribution >= 4 is 23.3 Å². The van der Waals surface area contributed by atoms with E-state index in [0.717, 1.165) is 23.4 Å². The molecule has 6 heteroatoms. The standard InChI is InChI=1S/C20H34N4O2/c1-8-15(5)24(19(25)14(3)4)13-16-12-17(22-20(26)21-9-2)10-11-18(16)23(6)7/h10-12,14-15H,8-9,13H2,1-7H3,(H2,21,22,26)/t15-/m0/s1. The SMILES string of the molecule is CCNC(=O)Nc1ccc(N(C)C)c(CN(C(=O)C(C)C)[C@@H](C)CC)c1. The monoisotopic (exact) mass is 362 g/mol. The quantitative estimate of drug-likeness (QED) is 0.741. The molecule has 6 nitrogen and oxygen atoms in total. The molecule has 0 aliphatic heterocycles. The van der Waals surface area contributed by atoms with Crippen LogP contribution in [0.1, 0.15) is 46.6 Å². The van der Waals surface area contributed by atoms with Crippen molar-refractivity contribution in [3.8, 4) is 0 Å². The van der Waals surface area contributed by atoms with Gasteiger partial charge >= 0.3 is 6.03 Å². The van der Waals surface area contributed by atoms with Gasteiger partial charge in [-0.25, -0.2) is 4.79 Å². The first-order valence-corrected chi connectivity index (χ1v) is 9.36. The van der Waals surface area contributed by atoms with E-state index < -0.39 is 0 Å². The first-order chi connectivity index (χ1) is 12.2. The third kappa shape index (κ3) is 5.93. The number of rotatable bonds is 8.